The molecule has 2 nitrogen and oxygen atoms in total. The van der Waals surface area contributed by atoms with Gasteiger partial charge in [-0.2, -0.15) is 0 Å². The van der Waals surface area contributed by atoms with E-state index in [4.69, 9.17) is 11.6 Å². The zero-order valence-corrected chi connectivity index (χ0v) is 11.3. The van der Waals surface area contributed by atoms with Crippen LogP contribution >= 0.6 is 11.6 Å². The van der Waals surface area contributed by atoms with Crippen LogP contribution in [0.5, 0.6) is 0 Å². The molecule has 2 saturated heterocycles. The zero-order valence-electron chi connectivity index (χ0n) is 10.5. The van der Waals surface area contributed by atoms with Gasteiger partial charge in [-0.25, -0.2) is 4.39 Å². The van der Waals surface area contributed by atoms with Gasteiger partial charge in [0.2, 0.25) is 0 Å². The standard InChI is InChI=1S/C14H18ClFN2/c1-9(13-3-2-12(16)4-14(13)15)18-7-10-5-17-6-11(10)8-18/h2-4,9-11,17H,5-8H2,1H3. The Hall–Kier alpha value is -0.640. The minimum Gasteiger partial charge on any atom is -0.316 e. The zero-order chi connectivity index (χ0) is 12.7. The van der Waals surface area contributed by atoms with Crippen molar-refractivity contribution in [1.29, 1.82) is 0 Å². The van der Waals surface area contributed by atoms with Gasteiger partial charge < -0.3 is 5.32 Å². The highest BCUT2D eigenvalue weighted by atomic mass is 35.5. The van der Waals surface area contributed by atoms with Crippen LogP contribution in [0.15, 0.2) is 18.2 Å². The van der Waals surface area contributed by atoms with Crippen LogP contribution < -0.4 is 5.32 Å². The lowest BCUT2D eigenvalue weighted by Crippen LogP contribution is -2.28. The van der Waals surface area contributed by atoms with Crippen LogP contribution in [0.2, 0.25) is 5.02 Å². The Morgan fingerprint density at radius 1 is 1.33 bits per heavy atom. The monoisotopic (exact) mass is 268 g/mol. The minimum atomic E-state index is -0.265. The quantitative estimate of drug-likeness (QED) is 0.887. The lowest BCUT2D eigenvalue weighted by atomic mass is 10.0. The molecule has 0 amide bonds. The molecule has 2 heterocycles. The number of likely N-dealkylation sites (tertiary alicyclic amines) is 1. The number of nitrogens with one attached hydrogen (secondary N) is 1. The van der Waals surface area contributed by atoms with Gasteiger partial charge in [0, 0.05) is 24.2 Å². The predicted octanol–water partition coefficient (Wildman–Crippen LogP) is 2.69. The molecule has 1 aromatic rings. The number of rotatable bonds is 2. The number of halogens is 2. The van der Waals surface area contributed by atoms with Crippen molar-refractivity contribution >= 4 is 11.6 Å². The van der Waals surface area contributed by atoms with E-state index in [0.717, 1.165) is 43.6 Å². The van der Waals surface area contributed by atoms with E-state index < -0.39 is 0 Å². The fourth-order valence-corrected chi connectivity index (χ4v) is 3.57. The van der Waals surface area contributed by atoms with Gasteiger partial charge in [0.1, 0.15) is 5.82 Å². The summed E-state index contributed by atoms with van der Waals surface area (Å²) in [5.74, 6) is 1.27. The van der Waals surface area contributed by atoms with Crippen LogP contribution in [0.4, 0.5) is 4.39 Å². The normalized spacial score (nSPS) is 29.5. The molecule has 2 aliphatic heterocycles. The summed E-state index contributed by atoms with van der Waals surface area (Å²) >= 11 is 6.14. The Morgan fingerprint density at radius 3 is 2.61 bits per heavy atom. The van der Waals surface area contributed by atoms with Gasteiger partial charge in [0.25, 0.3) is 0 Å². The first-order chi connectivity index (χ1) is 8.65. The van der Waals surface area contributed by atoms with Crippen LogP contribution in [0, 0.1) is 17.7 Å². The van der Waals surface area contributed by atoms with Crippen molar-refractivity contribution in [3.63, 3.8) is 0 Å². The van der Waals surface area contributed by atoms with E-state index in [1.165, 1.54) is 12.1 Å². The predicted molar refractivity (Wildman–Crippen MR) is 71.2 cm³/mol. The minimum absolute atomic E-state index is 0.265. The third kappa shape index (κ3) is 2.15. The van der Waals surface area contributed by atoms with Crippen molar-refractivity contribution < 1.29 is 4.39 Å². The van der Waals surface area contributed by atoms with Gasteiger partial charge in [-0.3, -0.25) is 4.90 Å². The highest BCUT2D eigenvalue weighted by Gasteiger charge is 2.38. The summed E-state index contributed by atoms with van der Waals surface area (Å²) in [6.45, 7) is 6.66. The van der Waals surface area contributed by atoms with Crippen molar-refractivity contribution in [3.8, 4) is 0 Å². The third-order valence-corrected chi connectivity index (χ3v) is 4.71. The lowest BCUT2D eigenvalue weighted by Gasteiger charge is -2.26. The lowest BCUT2D eigenvalue weighted by molar-refractivity contribution is 0.244. The molecule has 0 radical (unpaired) electrons. The van der Waals surface area contributed by atoms with Crippen molar-refractivity contribution in [2.24, 2.45) is 11.8 Å². The molecule has 3 unspecified atom stereocenters. The van der Waals surface area contributed by atoms with E-state index in [1.807, 2.05) is 6.07 Å². The second-order valence-electron chi connectivity index (χ2n) is 5.47. The first-order valence-corrected chi connectivity index (χ1v) is 6.92. The van der Waals surface area contributed by atoms with Crippen molar-refractivity contribution in [2.45, 2.75) is 13.0 Å². The van der Waals surface area contributed by atoms with E-state index in [9.17, 15) is 4.39 Å². The summed E-state index contributed by atoms with van der Waals surface area (Å²) < 4.78 is 13.1. The van der Waals surface area contributed by atoms with E-state index in [0.29, 0.717) is 5.02 Å². The van der Waals surface area contributed by atoms with Crippen LogP contribution in [0.1, 0.15) is 18.5 Å². The highest BCUT2D eigenvalue weighted by molar-refractivity contribution is 6.31. The first kappa shape index (κ1) is 12.4. The number of hydrogen-bond donors (Lipinski definition) is 1. The molecule has 0 aliphatic carbocycles. The Kier molecular flexibility index (Phi) is 3.31. The summed E-state index contributed by atoms with van der Waals surface area (Å²) in [6.07, 6.45) is 0. The molecule has 0 saturated carbocycles. The van der Waals surface area contributed by atoms with Crippen LogP contribution in [0.25, 0.3) is 0 Å². The molecule has 1 N–H and O–H groups in total. The molecule has 0 spiro atoms. The number of nitrogens with zero attached hydrogens (tertiary/aromatic N) is 1. The summed E-state index contributed by atoms with van der Waals surface area (Å²) in [6, 6.07) is 4.99. The maximum Gasteiger partial charge on any atom is 0.124 e. The van der Waals surface area contributed by atoms with Crippen LogP contribution in [-0.2, 0) is 0 Å². The fourth-order valence-electron chi connectivity index (χ4n) is 3.24. The number of benzene rings is 1. The first-order valence-electron chi connectivity index (χ1n) is 6.55. The van der Waals surface area contributed by atoms with Gasteiger partial charge in [0.05, 0.1) is 0 Å². The second-order valence-corrected chi connectivity index (χ2v) is 5.88. The molecule has 4 heteroatoms. The van der Waals surface area contributed by atoms with E-state index in [1.54, 1.807) is 0 Å². The molecule has 0 aromatic heterocycles. The average molecular weight is 269 g/mol. The molecule has 3 rings (SSSR count). The van der Waals surface area contributed by atoms with E-state index in [2.05, 4.69) is 17.1 Å². The summed E-state index contributed by atoms with van der Waals surface area (Å²) in [7, 11) is 0. The molecular formula is C14H18ClFN2. The van der Waals surface area contributed by atoms with Crippen molar-refractivity contribution in [2.75, 3.05) is 26.2 Å². The van der Waals surface area contributed by atoms with Gasteiger partial charge in [0.15, 0.2) is 0 Å². The van der Waals surface area contributed by atoms with Gasteiger partial charge >= 0.3 is 0 Å². The third-order valence-electron chi connectivity index (χ3n) is 4.38. The van der Waals surface area contributed by atoms with Crippen LogP contribution in [-0.4, -0.2) is 31.1 Å². The van der Waals surface area contributed by atoms with E-state index in [-0.39, 0.29) is 11.9 Å². The number of hydrogen-bond acceptors (Lipinski definition) is 2. The maximum atomic E-state index is 13.1. The second kappa shape index (κ2) is 4.80. The Labute approximate surface area is 112 Å². The van der Waals surface area contributed by atoms with Crippen molar-refractivity contribution in [3.05, 3.63) is 34.6 Å². The van der Waals surface area contributed by atoms with E-state index >= 15 is 0 Å². The Bertz CT molecular complexity index is 439. The smallest absolute Gasteiger partial charge is 0.124 e. The highest BCUT2D eigenvalue weighted by Crippen LogP contribution is 2.35. The van der Waals surface area contributed by atoms with Gasteiger partial charge in [-0.15, -0.1) is 0 Å². The SMILES string of the molecule is CC(c1ccc(F)cc1Cl)N1CC2CNCC2C1. The fraction of sp³-hybridized carbons (Fsp3) is 0.571. The molecule has 1 aromatic carbocycles. The summed E-state index contributed by atoms with van der Waals surface area (Å²) in [5, 5.41) is 3.98. The summed E-state index contributed by atoms with van der Waals surface area (Å²) in [4.78, 5) is 2.47. The topological polar surface area (TPSA) is 15.3 Å². The molecule has 0 bridgehead atoms. The summed E-state index contributed by atoms with van der Waals surface area (Å²) in [5.41, 5.74) is 1.03. The number of fused-ring (bicyclic) bond motifs is 1. The molecule has 18 heavy (non-hydrogen) atoms. The van der Waals surface area contributed by atoms with Gasteiger partial charge in [-0.1, -0.05) is 17.7 Å². The molecule has 2 aliphatic rings. The molecule has 98 valence electrons. The largest absolute Gasteiger partial charge is 0.316 e. The maximum absolute atomic E-state index is 13.1. The Balaban J connectivity index is 1.76. The average Bonchev–Trinajstić information content (AvgIpc) is 2.87. The molecule has 2 fully saturated rings. The van der Waals surface area contributed by atoms with Gasteiger partial charge in [-0.05, 0) is 49.5 Å². The van der Waals surface area contributed by atoms with Crippen molar-refractivity contribution in [1.82, 2.24) is 10.2 Å². The Morgan fingerprint density at radius 2 is 2.00 bits per heavy atom. The molecular weight excluding hydrogens is 251 g/mol. The van der Waals surface area contributed by atoms with Crippen LogP contribution in [0.3, 0.4) is 0 Å². The molecule has 3 atom stereocenters.